The normalized spacial score (nSPS) is 21.6. The molecule has 1 saturated heterocycles. The van der Waals surface area contributed by atoms with Crippen molar-refractivity contribution in [3.63, 3.8) is 0 Å². The van der Waals surface area contributed by atoms with Gasteiger partial charge in [-0.3, -0.25) is 9.88 Å². The lowest BCUT2D eigenvalue weighted by atomic mass is 9.89. The summed E-state index contributed by atoms with van der Waals surface area (Å²) < 4.78 is 0. The second-order valence-corrected chi connectivity index (χ2v) is 11.8. The number of H-pyrrole nitrogens is 1. The Labute approximate surface area is 231 Å². The monoisotopic (exact) mass is 512 g/mol. The summed E-state index contributed by atoms with van der Waals surface area (Å²) in [6.45, 7) is 6.19. The van der Waals surface area contributed by atoms with Crippen LogP contribution in [0.1, 0.15) is 50.7 Å². The number of nitrogens with one attached hydrogen (secondary N) is 1. The van der Waals surface area contributed by atoms with E-state index in [0.717, 1.165) is 28.7 Å². The molecule has 4 heterocycles. The van der Waals surface area contributed by atoms with E-state index in [1.165, 1.54) is 72.0 Å². The second kappa shape index (κ2) is 9.77. The molecule has 0 unspecified atom stereocenters. The van der Waals surface area contributed by atoms with Crippen molar-refractivity contribution < 1.29 is 0 Å². The number of aryl methyl sites for hydroxylation is 2. The van der Waals surface area contributed by atoms with E-state index in [1.54, 1.807) is 0 Å². The predicted octanol–water partition coefficient (Wildman–Crippen LogP) is 8.08. The zero-order valence-corrected chi connectivity index (χ0v) is 23.0. The molecule has 1 aliphatic carbocycles. The molecule has 2 aromatic carbocycles. The number of hydrogen-bond donors (Lipinski definition) is 1. The first-order valence-electron chi connectivity index (χ1n) is 14.5. The highest BCUT2D eigenvalue weighted by Crippen LogP contribution is 2.38. The zero-order valence-electron chi connectivity index (χ0n) is 23.0. The molecule has 4 heteroatoms. The number of benzene rings is 2. The van der Waals surface area contributed by atoms with Gasteiger partial charge in [-0.05, 0) is 99.4 Å². The Bertz CT molecular complexity index is 1620. The quantitative estimate of drug-likeness (QED) is 0.248. The predicted molar refractivity (Wildman–Crippen MR) is 161 cm³/mol. The lowest BCUT2D eigenvalue weighted by Crippen LogP contribution is -2.48. The van der Waals surface area contributed by atoms with Crippen LogP contribution in [0.3, 0.4) is 0 Å². The standard InChI is InChI=1S/C35H36N4/c1-24-6-5-19-39(24)35(2)16-14-25-8-13-28(20-29(25)15-17-35)30-21-31-32(23-38-34(31)37-22-30)26-9-11-27(12-10-26)33-7-3-4-18-36-33/h3-4,7-13,18,20-24H,5-6,14-17,19H2,1-2H3,(H,37,38)/t24-,35+/m1/s1. The van der Waals surface area contributed by atoms with Gasteiger partial charge >= 0.3 is 0 Å². The van der Waals surface area contributed by atoms with Crippen molar-refractivity contribution in [3.8, 4) is 33.5 Å². The van der Waals surface area contributed by atoms with Gasteiger partial charge in [0.05, 0.1) is 5.69 Å². The van der Waals surface area contributed by atoms with Crippen LogP contribution in [0.2, 0.25) is 0 Å². The molecule has 1 aliphatic heterocycles. The van der Waals surface area contributed by atoms with E-state index >= 15 is 0 Å². The van der Waals surface area contributed by atoms with Crippen LogP contribution in [-0.4, -0.2) is 38.0 Å². The van der Waals surface area contributed by atoms with Gasteiger partial charge < -0.3 is 4.98 Å². The van der Waals surface area contributed by atoms with Crippen molar-refractivity contribution in [1.82, 2.24) is 19.9 Å². The Morgan fingerprint density at radius 1 is 0.846 bits per heavy atom. The fourth-order valence-electron chi connectivity index (χ4n) is 6.99. The van der Waals surface area contributed by atoms with Gasteiger partial charge in [-0.2, -0.15) is 0 Å². The topological polar surface area (TPSA) is 44.8 Å². The number of aromatic amines is 1. The largest absolute Gasteiger partial charge is 0.346 e. The summed E-state index contributed by atoms with van der Waals surface area (Å²) in [5.41, 5.74) is 11.2. The minimum atomic E-state index is 0.307. The lowest BCUT2D eigenvalue weighted by Gasteiger charge is -2.41. The number of fused-ring (bicyclic) bond motifs is 2. The van der Waals surface area contributed by atoms with Crippen molar-refractivity contribution in [3.05, 3.63) is 96.4 Å². The smallest absolute Gasteiger partial charge is 0.137 e. The second-order valence-electron chi connectivity index (χ2n) is 11.8. The van der Waals surface area contributed by atoms with Gasteiger partial charge in [-0.25, -0.2) is 4.98 Å². The average molecular weight is 513 g/mol. The summed E-state index contributed by atoms with van der Waals surface area (Å²) in [6.07, 6.45) is 13.4. The molecule has 4 nitrogen and oxygen atoms in total. The summed E-state index contributed by atoms with van der Waals surface area (Å²) in [6, 6.07) is 24.8. The molecule has 5 aromatic rings. The van der Waals surface area contributed by atoms with E-state index in [9.17, 15) is 0 Å². The van der Waals surface area contributed by atoms with E-state index in [-0.39, 0.29) is 0 Å². The van der Waals surface area contributed by atoms with Crippen LogP contribution < -0.4 is 0 Å². The molecule has 1 N–H and O–H groups in total. The molecule has 0 amide bonds. The number of aromatic nitrogens is 3. The van der Waals surface area contributed by atoms with E-state index in [4.69, 9.17) is 4.98 Å². The Hall–Kier alpha value is -3.76. The Balaban J connectivity index is 1.17. The maximum absolute atomic E-state index is 4.81. The fraction of sp³-hybridized carbons (Fsp3) is 0.314. The summed E-state index contributed by atoms with van der Waals surface area (Å²) >= 11 is 0. The maximum atomic E-state index is 4.81. The molecule has 2 atom stereocenters. The van der Waals surface area contributed by atoms with Gasteiger partial charge in [-0.15, -0.1) is 0 Å². The average Bonchev–Trinajstić information content (AvgIpc) is 3.57. The molecule has 7 rings (SSSR count). The van der Waals surface area contributed by atoms with E-state index in [0.29, 0.717) is 11.6 Å². The van der Waals surface area contributed by atoms with Crippen molar-refractivity contribution in [2.45, 2.75) is 64.0 Å². The van der Waals surface area contributed by atoms with Crippen LogP contribution >= 0.6 is 0 Å². The van der Waals surface area contributed by atoms with Crippen molar-refractivity contribution in [2.75, 3.05) is 6.54 Å². The van der Waals surface area contributed by atoms with Gasteiger partial charge in [0.25, 0.3) is 0 Å². The molecule has 39 heavy (non-hydrogen) atoms. The molecule has 0 spiro atoms. The molecule has 0 bridgehead atoms. The molecule has 0 saturated carbocycles. The van der Waals surface area contributed by atoms with Crippen LogP contribution in [0.25, 0.3) is 44.5 Å². The van der Waals surface area contributed by atoms with Crippen LogP contribution in [0.5, 0.6) is 0 Å². The Kier molecular flexibility index (Phi) is 6.08. The van der Waals surface area contributed by atoms with Gasteiger partial charge in [-0.1, -0.05) is 48.5 Å². The zero-order chi connectivity index (χ0) is 26.4. The van der Waals surface area contributed by atoms with Crippen LogP contribution in [-0.2, 0) is 12.8 Å². The number of pyridine rings is 2. The minimum absolute atomic E-state index is 0.307. The number of likely N-dealkylation sites (tertiary alicyclic amines) is 1. The first kappa shape index (κ1) is 24.3. The number of hydrogen-bond acceptors (Lipinski definition) is 3. The summed E-state index contributed by atoms with van der Waals surface area (Å²) in [7, 11) is 0. The Morgan fingerprint density at radius 2 is 1.64 bits per heavy atom. The highest BCUT2D eigenvalue weighted by atomic mass is 15.2. The molecule has 1 fully saturated rings. The van der Waals surface area contributed by atoms with Crippen molar-refractivity contribution >= 4 is 11.0 Å². The van der Waals surface area contributed by atoms with Gasteiger partial charge in [0.15, 0.2) is 0 Å². The van der Waals surface area contributed by atoms with Crippen LogP contribution in [0.15, 0.2) is 85.3 Å². The third-order valence-corrected chi connectivity index (χ3v) is 9.34. The summed E-state index contributed by atoms with van der Waals surface area (Å²) in [5, 5.41) is 1.16. The van der Waals surface area contributed by atoms with E-state index in [1.807, 2.05) is 30.6 Å². The van der Waals surface area contributed by atoms with Crippen molar-refractivity contribution in [2.24, 2.45) is 0 Å². The third kappa shape index (κ3) is 4.47. The number of rotatable bonds is 4. The maximum Gasteiger partial charge on any atom is 0.137 e. The summed E-state index contributed by atoms with van der Waals surface area (Å²) in [5.74, 6) is 0. The Morgan fingerprint density at radius 3 is 2.41 bits per heavy atom. The molecule has 0 radical (unpaired) electrons. The van der Waals surface area contributed by atoms with Crippen LogP contribution in [0, 0.1) is 0 Å². The first-order valence-corrected chi connectivity index (χ1v) is 14.5. The van der Waals surface area contributed by atoms with Gasteiger partial charge in [0.2, 0.25) is 0 Å². The summed E-state index contributed by atoms with van der Waals surface area (Å²) in [4.78, 5) is 15.5. The van der Waals surface area contributed by atoms with Gasteiger partial charge in [0.1, 0.15) is 5.65 Å². The highest BCUT2D eigenvalue weighted by Gasteiger charge is 2.38. The van der Waals surface area contributed by atoms with Gasteiger partial charge in [0, 0.05) is 52.2 Å². The van der Waals surface area contributed by atoms with Crippen molar-refractivity contribution in [1.29, 1.82) is 0 Å². The third-order valence-electron chi connectivity index (χ3n) is 9.34. The molecular weight excluding hydrogens is 476 g/mol. The fourth-order valence-corrected chi connectivity index (χ4v) is 6.99. The van der Waals surface area contributed by atoms with E-state index < -0.39 is 0 Å². The lowest BCUT2D eigenvalue weighted by molar-refractivity contribution is 0.0821. The highest BCUT2D eigenvalue weighted by molar-refractivity contribution is 5.96. The minimum Gasteiger partial charge on any atom is -0.346 e. The molecular formula is C35H36N4. The molecule has 2 aliphatic rings. The van der Waals surface area contributed by atoms with E-state index in [2.05, 4.69) is 83.4 Å². The first-order chi connectivity index (χ1) is 19.1. The number of nitrogens with zero attached hydrogens (tertiary/aromatic N) is 3. The molecule has 196 valence electrons. The SMILES string of the molecule is C[C@@H]1CCCN1[C@@]1(C)CCc2ccc(-c3cnc4[nH]cc(-c5ccc(-c6ccccn6)cc5)c4c3)cc2CC1. The van der Waals surface area contributed by atoms with Crippen LogP contribution in [0.4, 0.5) is 0 Å². The molecule has 3 aromatic heterocycles.